The van der Waals surface area contributed by atoms with Crippen LogP contribution < -0.4 is 0 Å². The first-order valence-corrected chi connectivity index (χ1v) is 5.32. The van der Waals surface area contributed by atoms with E-state index in [1.165, 1.54) is 0 Å². The lowest BCUT2D eigenvalue weighted by Crippen LogP contribution is -2.09. The molecule has 0 aliphatic rings. The number of rotatable bonds is 2. The van der Waals surface area contributed by atoms with E-state index in [4.69, 9.17) is 16.3 Å². The van der Waals surface area contributed by atoms with E-state index in [9.17, 15) is 4.79 Å². The number of hydrogen-bond acceptors (Lipinski definition) is 3. The molecule has 0 fully saturated rings. The monoisotopic (exact) mass is 238 g/mol. The largest absolute Gasteiger partial charge is 0.461 e. The van der Waals surface area contributed by atoms with Gasteiger partial charge >= 0.3 is 5.97 Å². The molecular weight excluding hydrogens is 228 g/mol. The van der Waals surface area contributed by atoms with Crippen molar-refractivity contribution in [3.8, 4) is 0 Å². The highest BCUT2D eigenvalue weighted by Crippen LogP contribution is 2.17. The molecule has 0 spiro atoms. The van der Waals surface area contributed by atoms with Gasteiger partial charge in [0.25, 0.3) is 0 Å². The van der Waals surface area contributed by atoms with Crippen LogP contribution in [-0.2, 0) is 4.74 Å². The van der Waals surface area contributed by atoms with Crippen LogP contribution in [0.4, 0.5) is 0 Å². The number of carbonyl (C=O) groups is 1. The highest BCUT2D eigenvalue weighted by molar-refractivity contribution is 6.30. The van der Waals surface area contributed by atoms with Gasteiger partial charge in [0, 0.05) is 17.3 Å². The lowest BCUT2D eigenvalue weighted by Gasteiger charge is -2.02. The van der Waals surface area contributed by atoms with Gasteiger partial charge in [0.15, 0.2) is 5.69 Å². The second-order valence-corrected chi connectivity index (χ2v) is 3.78. The number of pyridine rings is 1. The summed E-state index contributed by atoms with van der Waals surface area (Å²) in [5.74, 6) is -0.366. The number of ether oxygens (including phenoxy) is 1. The average Bonchev–Trinajstić information content (AvgIpc) is 2.53. The molecule has 5 heteroatoms. The molecule has 0 unspecified atom stereocenters. The zero-order chi connectivity index (χ0) is 11.7. The summed E-state index contributed by atoms with van der Waals surface area (Å²) in [6.07, 6.45) is 1.71. The van der Waals surface area contributed by atoms with Crippen LogP contribution in [0.15, 0.2) is 18.3 Å². The van der Waals surface area contributed by atoms with Gasteiger partial charge in [-0.05, 0) is 19.9 Å². The minimum absolute atomic E-state index is 0.346. The number of hydrogen-bond donors (Lipinski definition) is 0. The van der Waals surface area contributed by atoms with Crippen molar-refractivity contribution in [2.75, 3.05) is 6.61 Å². The fourth-order valence-electron chi connectivity index (χ4n) is 1.58. The number of fused-ring (bicyclic) bond motifs is 1. The topological polar surface area (TPSA) is 43.6 Å². The van der Waals surface area contributed by atoms with Crippen LogP contribution in [0.3, 0.4) is 0 Å². The second-order valence-electron chi connectivity index (χ2n) is 3.34. The van der Waals surface area contributed by atoms with Gasteiger partial charge in [0.1, 0.15) is 5.65 Å². The van der Waals surface area contributed by atoms with E-state index in [0.29, 0.717) is 28.7 Å². The van der Waals surface area contributed by atoms with Gasteiger partial charge in [-0.25, -0.2) is 9.78 Å². The number of carbonyl (C=O) groups excluding carboxylic acids is 1. The molecule has 0 bridgehead atoms. The third kappa shape index (κ3) is 1.76. The Kier molecular flexibility index (Phi) is 2.83. The molecule has 0 saturated heterocycles. The van der Waals surface area contributed by atoms with Gasteiger partial charge < -0.3 is 4.74 Å². The molecule has 2 aromatic rings. The highest BCUT2D eigenvalue weighted by Gasteiger charge is 2.17. The Balaban J connectivity index is 2.60. The Morgan fingerprint density at radius 3 is 3.06 bits per heavy atom. The molecule has 0 atom stereocenters. The fourth-order valence-corrected chi connectivity index (χ4v) is 1.74. The van der Waals surface area contributed by atoms with E-state index in [2.05, 4.69) is 4.98 Å². The number of aromatic nitrogens is 2. The molecule has 0 radical (unpaired) electrons. The van der Waals surface area contributed by atoms with Crippen molar-refractivity contribution in [1.29, 1.82) is 0 Å². The van der Waals surface area contributed by atoms with Gasteiger partial charge in [-0.15, -0.1) is 0 Å². The van der Waals surface area contributed by atoms with E-state index in [0.717, 1.165) is 0 Å². The summed E-state index contributed by atoms with van der Waals surface area (Å²) >= 11 is 5.85. The number of esters is 1. The van der Waals surface area contributed by atoms with E-state index in [-0.39, 0.29) is 5.97 Å². The molecule has 2 heterocycles. The molecule has 0 saturated carbocycles. The first-order valence-electron chi connectivity index (χ1n) is 4.94. The molecule has 0 aromatic carbocycles. The van der Waals surface area contributed by atoms with E-state index in [1.807, 2.05) is 0 Å². The number of halogens is 1. The van der Waals surface area contributed by atoms with Gasteiger partial charge in [0.2, 0.25) is 0 Å². The van der Waals surface area contributed by atoms with Gasteiger partial charge in [-0.3, -0.25) is 4.40 Å². The van der Waals surface area contributed by atoms with Crippen molar-refractivity contribution in [3.05, 3.63) is 34.7 Å². The molecule has 0 amide bonds. The number of imidazole rings is 1. The first kappa shape index (κ1) is 11.0. The van der Waals surface area contributed by atoms with Crippen molar-refractivity contribution < 1.29 is 9.53 Å². The fraction of sp³-hybridized carbons (Fsp3) is 0.273. The van der Waals surface area contributed by atoms with Crippen LogP contribution in [-0.4, -0.2) is 22.0 Å². The quantitative estimate of drug-likeness (QED) is 0.755. The summed E-state index contributed by atoms with van der Waals surface area (Å²) < 4.78 is 6.65. The van der Waals surface area contributed by atoms with Crippen molar-refractivity contribution in [1.82, 2.24) is 9.38 Å². The lowest BCUT2D eigenvalue weighted by atomic mass is 10.3. The predicted octanol–water partition coefficient (Wildman–Crippen LogP) is 2.47. The Morgan fingerprint density at radius 1 is 1.62 bits per heavy atom. The van der Waals surface area contributed by atoms with Crippen LogP contribution in [0, 0.1) is 6.92 Å². The van der Waals surface area contributed by atoms with Crippen molar-refractivity contribution in [3.63, 3.8) is 0 Å². The van der Waals surface area contributed by atoms with Crippen LogP contribution in [0.25, 0.3) is 5.65 Å². The maximum Gasteiger partial charge on any atom is 0.357 e. The Morgan fingerprint density at radius 2 is 2.38 bits per heavy atom. The normalized spacial score (nSPS) is 10.7. The molecule has 4 nitrogen and oxygen atoms in total. The predicted molar refractivity (Wildman–Crippen MR) is 60.9 cm³/mol. The van der Waals surface area contributed by atoms with Crippen molar-refractivity contribution >= 4 is 23.2 Å². The molecule has 2 rings (SSSR count). The zero-order valence-electron chi connectivity index (χ0n) is 9.03. The van der Waals surface area contributed by atoms with Gasteiger partial charge in [-0.2, -0.15) is 0 Å². The van der Waals surface area contributed by atoms with Crippen LogP contribution >= 0.6 is 11.6 Å². The highest BCUT2D eigenvalue weighted by atomic mass is 35.5. The van der Waals surface area contributed by atoms with E-state index < -0.39 is 0 Å². The Labute approximate surface area is 97.8 Å². The molecule has 0 N–H and O–H groups in total. The summed E-state index contributed by atoms with van der Waals surface area (Å²) in [4.78, 5) is 16.0. The summed E-state index contributed by atoms with van der Waals surface area (Å²) in [5, 5.41) is 0.591. The molecule has 0 aliphatic heterocycles. The maximum absolute atomic E-state index is 11.7. The number of aryl methyl sites for hydroxylation is 1. The number of nitrogens with zero attached hydrogens (tertiary/aromatic N) is 2. The summed E-state index contributed by atoms with van der Waals surface area (Å²) in [7, 11) is 0. The first-order chi connectivity index (χ1) is 7.63. The van der Waals surface area contributed by atoms with E-state index >= 15 is 0 Å². The summed E-state index contributed by atoms with van der Waals surface area (Å²) in [6.45, 7) is 3.89. The van der Waals surface area contributed by atoms with Gasteiger partial charge in [-0.1, -0.05) is 11.6 Å². The Bertz CT molecular complexity index is 548. The standard InChI is InChI=1S/C11H11ClN2O2/c1-3-16-11(15)10-7(2)13-9-6-8(12)4-5-14(9)10/h4-6H,3H2,1-2H3. The van der Waals surface area contributed by atoms with Crippen LogP contribution in [0.2, 0.25) is 5.02 Å². The summed E-state index contributed by atoms with van der Waals surface area (Å²) in [5.41, 5.74) is 1.74. The SMILES string of the molecule is CCOC(=O)c1c(C)nc2cc(Cl)ccn12. The third-order valence-corrected chi connectivity index (χ3v) is 2.47. The van der Waals surface area contributed by atoms with Gasteiger partial charge in [0.05, 0.1) is 12.3 Å². The van der Waals surface area contributed by atoms with Crippen LogP contribution in [0.5, 0.6) is 0 Å². The Hall–Kier alpha value is -1.55. The second kappa shape index (κ2) is 4.14. The average molecular weight is 239 g/mol. The zero-order valence-corrected chi connectivity index (χ0v) is 9.78. The van der Waals surface area contributed by atoms with Crippen molar-refractivity contribution in [2.45, 2.75) is 13.8 Å². The van der Waals surface area contributed by atoms with E-state index in [1.54, 1.807) is 36.6 Å². The molecule has 2 aromatic heterocycles. The van der Waals surface area contributed by atoms with Crippen LogP contribution in [0.1, 0.15) is 23.1 Å². The minimum Gasteiger partial charge on any atom is -0.461 e. The molecule has 0 aliphatic carbocycles. The smallest absolute Gasteiger partial charge is 0.357 e. The minimum atomic E-state index is -0.366. The van der Waals surface area contributed by atoms with Crippen molar-refractivity contribution in [2.24, 2.45) is 0 Å². The summed E-state index contributed by atoms with van der Waals surface area (Å²) in [6, 6.07) is 3.41. The maximum atomic E-state index is 11.7. The third-order valence-electron chi connectivity index (χ3n) is 2.23. The molecular formula is C11H11ClN2O2. The molecule has 84 valence electrons. The molecule has 16 heavy (non-hydrogen) atoms. The lowest BCUT2D eigenvalue weighted by molar-refractivity contribution is 0.0517.